The average Bonchev–Trinajstić information content (AvgIpc) is 3.39. The molecular weight excluding hydrogens is 387 g/mol. The van der Waals surface area contributed by atoms with Crippen molar-refractivity contribution in [1.29, 1.82) is 0 Å². The molecule has 0 aliphatic heterocycles. The number of amides is 1. The van der Waals surface area contributed by atoms with Gasteiger partial charge in [0.05, 0.1) is 5.56 Å². The summed E-state index contributed by atoms with van der Waals surface area (Å²) in [6.45, 7) is 5.98. The molecule has 3 heterocycles. The zero-order chi connectivity index (χ0) is 21.3. The Morgan fingerprint density at radius 2 is 1.90 bits per heavy atom. The van der Waals surface area contributed by atoms with Crippen molar-refractivity contribution in [3.8, 4) is 17.3 Å². The van der Waals surface area contributed by atoms with Crippen LogP contribution in [0.25, 0.3) is 17.3 Å². The molecule has 0 unspecified atom stereocenters. The Labute approximate surface area is 171 Å². The topological polar surface area (TPSA) is 98.7 Å². The third kappa shape index (κ3) is 3.95. The molecule has 4 aromatic rings. The molecule has 30 heavy (non-hydrogen) atoms. The highest BCUT2D eigenvalue weighted by Gasteiger charge is 2.23. The van der Waals surface area contributed by atoms with Gasteiger partial charge >= 0.3 is 0 Å². The highest BCUT2D eigenvalue weighted by molar-refractivity contribution is 6.02. The predicted molar refractivity (Wildman–Crippen MR) is 108 cm³/mol. The third-order valence-corrected chi connectivity index (χ3v) is 4.28. The number of carbonyl (C=O) groups is 1. The minimum atomic E-state index is -0.425. The second-order valence-electron chi connectivity index (χ2n) is 7.67. The zero-order valence-electron chi connectivity index (χ0n) is 16.6. The smallest absolute Gasteiger partial charge is 0.275 e. The standard InChI is InChI=1S/C21H19FN6O2/c1-21(2,3)20-26-19(30-27-20)15-5-4-10-23-17(15)28-11-16(24-12-28)18(29)25-14-8-6-13(22)7-9-14/h4-12H,1-3H3,(H,25,29). The molecule has 0 bridgehead atoms. The molecule has 0 atom stereocenters. The summed E-state index contributed by atoms with van der Waals surface area (Å²) >= 11 is 0. The van der Waals surface area contributed by atoms with E-state index < -0.39 is 5.91 Å². The van der Waals surface area contributed by atoms with Gasteiger partial charge < -0.3 is 9.84 Å². The van der Waals surface area contributed by atoms with Crippen LogP contribution in [0.2, 0.25) is 0 Å². The molecule has 1 amide bonds. The van der Waals surface area contributed by atoms with E-state index in [2.05, 4.69) is 25.4 Å². The molecule has 0 saturated heterocycles. The maximum Gasteiger partial charge on any atom is 0.275 e. The molecule has 3 aromatic heterocycles. The zero-order valence-corrected chi connectivity index (χ0v) is 16.6. The van der Waals surface area contributed by atoms with Gasteiger partial charge in [-0.05, 0) is 36.4 Å². The van der Waals surface area contributed by atoms with Crippen LogP contribution in [0.4, 0.5) is 10.1 Å². The molecule has 0 aliphatic carbocycles. The van der Waals surface area contributed by atoms with Crippen molar-refractivity contribution in [1.82, 2.24) is 24.7 Å². The summed E-state index contributed by atoms with van der Waals surface area (Å²) in [5, 5.41) is 6.73. The fourth-order valence-electron chi connectivity index (χ4n) is 2.69. The molecule has 9 heteroatoms. The van der Waals surface area contributed by atoms with Gasteiger partial charge in [-0.25, -0.2) is 14.4 Å². The normalized spacial score (nSPS) is 11.5. The Morgan fingerprint density at radius 1 is 1.13 bits per heavy atom. The van der Waals surface area contributed by atoms with Crippen molar-refractivity contribution in [3.05, 3.63) is 72.5 Å². The summed E-state index contributed by atoms with van der Waals surface area (Å²) in [4.78, 5) is 25.5. The lowest BCUT2D eigenvalue weighted by molar-refractivity contribution is 0.102. The Bertz CT molecular complexity index is 1190. The second kappa shape index (κ2) is 7.51. The molecular formula is C21H19FN6O2. The van der Waals surface area contributed by atoms with Gasteiger partial charge in [-0.1, -0.05) is 25.9 Å². The lowest BCUT2D eigenvalue weighted by atomic mass is 9.96. The Balaban J connectivity index is 1.62. The van der Waals surface area contributed by atoms with Crippen LogP contribution in [-0.2, 0) is 5.41 Å². The van der Waals surface area contributed by atoms with Crippen LogP contribution in [0.15, 0.2) is 59.6 Å². The summed E-state index contributed by atoms with van der Waals surface area (Å²) in [5.41, 5.74) is 1.00. The molecule has 152 valence electrons. The highest BCUT2D eigenvalue weighted by atomic mass is 19.1. The molecule has 0 aliphatic rings. The fraction of sp³-hybridized carbons (Fsp3) is 0.190. The van der Waals surface area contributed by atoms with E-state index in [0.29, 0.717) is 28.8 Å². The van der Waals surface area contributed by atoms with Crippen LogP contribution in [0.1, 0.15) is 37.1 Å². The largest absolute Gasteiger partial charge is 0.334 e. The van der Waals surface area contributed by atoms with Crippen LogP contribution in [0.3, 0.4) is 0 Å². The van der Waals surface area contributed by atoms with E-state index in [1.54, 1.807) is 29.1 Å². The van der Waals surface area contributed by atoms with Gasteiger partial charge in [-0.2, -0.15) is 4.98 Å². The van der Waals surface area contributed by atoms with E-state index in [0.717, 1.165) is 0 Å². The van der Waals surface area contributed by atoms with Crippen molar-refractivity contribution in [2.24, 2.45) is 0 Å². The predicted octanol–water partition coefficient (Wildman–Crippen LogP) is 4.01. The Hall–Kier alpha value is -3.88. The first-order chi connectivity index (χ1) is 14.3. The van der Waals surface area contributed by atoms with Gasteiger partial charge in [0, 0.05) is 23.5 Å². The van der Waals surface area contributed by atoms with E-state index >= 15 is 0 Å². The number of halogens is 1. The van der Waals surface area contributed by atoms with E-state index in [-0.39, 0.29) is 16.9 Å². The number of carbonyl (C=O) groups excluding carboxylic acids is 1. The van der Waals surface area contributed by atoms with Gasteiger partial charge in [0.2, 0.25) is 0 Å². The van der Waals surface area contributed by atoms with Gasteiger partial charge in [0.15, 0.2) is 11.6 Å². The van der Waals surface area contributed by atoms with Crippen molar-refractivity contribution in [3.63, 3.8) is 0 Å². The molecule has 8 nitrogen and oxygen atoms in total. The highest BCUT2D eigenvalue weighted by Crippen LogP contribution is 2.27. The number of nitrogens with one attached hydrogen (secondary N) is 1. The lowest BCUT2D eigenvalue weighted by Gasteiger charge is -2.11. The maximum absolute atomic E-state index is 13.0. The number of benzene rings is 1. The monoisotopic (exact) mass is 406 g/mol. The number of rotatable bonds is 4. The third-order valence-electron chi connectivity index (χ3n) is 4.28. The van der Waals surface area contributed by atoms with Crippen molar-refractivity contribution >= 4 is 11.6 Å². The number of hydrogen-bond acceptors (Lipinski definition) is 6. The fourth-order valence-corrected chi connectivity index (χ4v) is 2.69. The van der Waals surface area contributed by atoms with Crippen LogP contribution in [0, 0.1) is 5.82 Å². The molecule has 1 aromatic carbocycles. The summed E-state index contributed by atoms with van der Waals surface area (Å²) in [6, 6.07) is 9.06. The maximum atomic E-state index is 13.0. The average molecular weight is 406 g/mol. The molecule has 0 fully saturated rings. The molecule has 0 saturated carbocycles. The summed E-state index contributed by atoms with van der Waals surface area (Å²) in [6.07, 6.45) is 4.65. The van der Waals surface area contributed by atoms with E-state index in [9.17, 15) is 9.18 Å². The van der Waals surface area contributed by atoms with Crippen LogP contribution >= 0.6 is 0 Å². The van der Waals surface area contributed by atoms with Crippen LogP contribution in [-0.4, -0.2) is 30.6 Å². The lowest BCUT2D eigenvalue weighted by Crippen LogP contribution is -2.13. The summed E-state index contributed by atoms with van der Waals surface area (Å²) in [5.74, 6) is 0.600. The molecule has 1 N–H and O–H groups in total. The number of anilines is 1. The first kappa shape index (κ1) is 19.4. The minimum absolute atomic E-state index is 0.178. The Morgan fingerprint density at radius 3 is 2.60 bits per heavy atom. The first-order valence-corrected chi connectivity index (χ1v) is 9.22. The second-order valence-corrected chi connectivity index (χ2v) is 7.67. The number of imidazole rings is 1. The van der Waals surface area contributed by atoms with Crippen molar-refractivity contribution in [2.75, 3.05) is 5.32 Å². The summed E-state index contributed by atoms with van der Waals surface area (Å²) < 4.78 is 20.1. The number of nitrogens with zero attached hydrogens (tertiary/aromatic N) is 5. The molecule has 4 rings (SSSR count). The van der Waals surface area contributed by atoms with E-state index in [4.69, 9.17) is 4.52 Å². The minimum Gasteiger partial charge on any atom is -0.334 e. The molecule has 0 radical (unpaired) electrons. The van der Waals surface area contributed by atoms with Crippen molar-refractivity contribution < 1.29 is 13.7 Å². The Kier molecular flexibility index (Phi) is 4.86. The van der Waals surface area contributed by atoms with Crippen LogP contribution in [0.5, 0.6) is 0 Å². The number of aromatic nitrogens is 5. The molecule has 0 spiro atoms. The van der Waals surface area contributed by atoms with Crippen molar-refractivity contribution in [2.45, 2.75) is 26.2 Å². The number of hydrogen-bond donors (Lipinski definition) is 1. The SMILES string of the molecule is CC(C)(C)c1noc(-c2cccnc2-n2cnc(C(=O)Nc3ccc(F)cc3)c2)n1. The van der Waals surface area contributed by atoms with Gasteiger partial charge in [0.25, 0.3) is 11.8 Å². The number of pyridine rings is 1. The van der Waals surface area contributed by atoms with E-state index in [1.807, 2.05) is 20.8 Å². The van der Waals surface area contributed by atoms with Crippen LogP contribution < -0.4 is 5.32 Å². The quantitative estimate of drug-likeness (QED) is 0.550. The van der Waals surface area contributed by atoms with Gasteiger partial charge in [-0.3, -0.25) is 9.36 Å². The van der Waals surface area contributed by atoms with E-state index in [1.165, 1.54) is 30.6 Å². The van der Waals surface area contributed by atoms with Gasteiger partial charge in [-0.15, -0.1) is 0 Å². The summed E-state index contributed by atoms with van der Waals surface area (Å²) in [7, 11) is 0. The first-order valence-electron chi connectivity index (χ1n) is 9.22. The van der Waals surface area contributed by atoms with Gasteiger partial charge in [0.1, 0.15) is 17.8 Å².